The Bertz CT molecular complexity index is 839. The molecule has 0 amide bonds. The van der Waals surface area contributed by atoms with E-state index in [9.17, 15) is 4.21 Å². The zero-order valence-corrected chi connectivity index (χ0v) is 16.1. The summed E-state index contributed by atoms with van der Waals surface area (Å²) < 4.78 is 22.5. The summed E-state index contributed by atoms with van der Waals surface area (Å²) in [5.74, 6) is 1.25. The minimum Gasteiger partial charge on any atom is -0.442 e. The van der Waals surface area contributed by atoms with Crippen LogP contribution in [0.2, 0.25) is 0 Å². The number of aromatic nitrogens is 2. The van der Waals surface area contributed by atoms with Crippen molar-refractivity contribution >= 4 is 22.6 Å². The number of pyridine rings is 1. The highest BCUT2D eigenvalue weighted by atomic mass is 32.2. The van der Waals surface area contributed by atoms with Crippen molar-refractivity contribution in [1.29, 1.82) is 0 Å². The maximum Gasteiger partial charge on any atom is 0.181 e. The van der Waals surface area contributed by atoms with Crippen LogP contribution in [-0.4, -0.2) is 38.7 Å². The fourth-order valence-electron chi connectivity index (χ4n) is 2.39. The lowest BCUT2D eigenvalue weighted by Crippen LogP contribution is -2.03. The standard InChI is InChI=1S/C19H20N2O3S2/c1-23-8-5-9-26(22)14-25-19-11-16(15-6-3-2-4-7-15)10-17(21-19)18-12-20-13-24-18/h2-4,6-7,10-13H,5,8-9,14H2,1H3. The summed E-state index contributed by atoms with van der Waals surface area (Å²) in [6, 6.07) is 14.1. The minimum atomic E-state index is -0.909. The zero-order valence-electron chi connectivity index (χ0n) is 14.5. The van der Waals surface area contributed by atoms with Gasteiger partial charge in [-0.3, -0.25) is 4.21 Å². The monoisotopic (exact) mass is 388 g/mol. The Morgan fingerprint density at radius 2 is 2.04 bits per heavy atom. The van der Waals surface area contributed by atoms with E-state index in [0.29, 0.717) is 23.2 Å². The van der Waals surface area contributed by atoms with E-state index >= 15 is 0 Å². The molecule has 3 aromatic rings. The fraction of sp³-hybridized carbons (Fsp3) is 0.263. The maximum absolute atomic E-state index is 12.1. The van der Waals surface area contributed by atoms with E-state index < -0.39 is 10.8 Å². The number of benzene rings is 1. The second-order valence-electron chi connectivity index (χ2n) is 5.56. The van der Waals surface area contributed by atoms with Gasteiger partial charge in [0.05, 0.1) is 16.3 Å². The molecule has 5 nitrogen and oxygen atoms in total. The van der Waals surface area contributed by atoms with Crippen LogP contribution in [0.5, 0.6) is 0 Å². The summed E-state index contributed by atoms with van der Waals surface area (Å²) in [4.78, 5) is 8.61. The third-order valence-corrected chi connectivity index (χ3v) is 6.42. The van der Waals surface area contributed by atoms with E-state index in [1.807, 2.05) is 30.3 Å². The summed E-state index contributed by atoms with van der Waals surface area (Å²) >= 11 is 1.49. The molecule has 0 spiro atoms. The van der Waals surface area contributed by atoms with Gasteiger partial charge in [0.1, 0.15) is 5.69 Å². The van der Waals surface area contributed by atoms with Crippen LogP contribution < -0.4 is 0 Å². The number of hydrogen-bond donors (Lipinski definition) is 0. The molecular weight excluding hydrogens is 368 g/mol. The van der Waals surface area contributed by atoms with E-state index in [2.05, 4.69) is 22.1 Å². The van der Waals surface area contributed by atoms with Crippen LogP contribution in [0.3, 0.4) is 0 Å². The van der Waals surface area contributed by atoms with E-state index in [1.54, 1.807) is 13.3 Å². The Morgan fingerprint density at radius 1 is 1.19 bits per heavy atom. The Kier molecular flexibility index (Phi) is 6.99. The van der Waals surface area contributed by atoms with Crippen molar-refractivity contribution < 1.29 is 13.4 Å². The van der Waals surface area contributed by atoms with Gasteiger partial charge in [0.2, 0.25) is 0 Å². The van der Waals surface area contributed by atoms with Crippen LogP contribution in [0, 0.1) is 0 Å². The first-order chi connectivity index (χ1) is 12.8. The quantitative estimate of drug-likeness (QED) is 0.403. The van der Waals surface area contributed by atoms with Crippen LogP contribution in [-0.2, 0) is 15.5 Å². The molecule has 7 heteroatoms. The van der Waals surface area contributed by atoms with Crippen molar-refractivity contribution in [2.45, 2.75) is 11.4 Å². The topological polar surface area (TPSA) is 65.2 Å². The molecule has 0 N–H and O–H groups in total. The molecule has 1 atom stereocenters. The van der Waals surface area contributed by atoms with Gasteiger partial charge in [-0.1, -0.05) is 42.1 Å². The lowest BCUT2D eigenvalue weighted by Gasteiger charge is -2.08. The largest absolute Gasteiger partial charge is 0.442 e. The van der Waals surface area contributed by atoms with Crippen LogP contribution in [0.15, 0.2) is 64.5 Å². The van der Waals surface area contributed by atoms with Gasteiger partial charge in [-0.25, -0.2) is 9.97 Å². The molecule has 0 saturated carbocycles. The van der Waals surface area contributed by atoms with Crippen LogP contribution >= 0.6 is 11.8 Å². The molecule has 0 aliphatic heterocycles. The van der Waals surface area contributed by atoms with Gasteiger partial charge >= 0.3 is 0 Å². The van der Waals surface area contributed by atoms with Crippen molar-refractivity contribution in [2.75, 3.05) is 24.6 Å². The van der Waals surface area contributed by atoms with Gasteiger partial charge in [-0.15, -0.1) is 0 Å². The fourth-order valence-corrected chi connectivity index (χ4v) is 4.69. The third kappa shape index (κ3) is 5.27. The van der Waals surface area contributed by atoms with Crippen molar-refractivity contribution in [2.24, 2.45) is 0 Å². The summed E-state index contributed by atoms with van der Waals surface area (Å²) in [5, 5.41) is 1.32. The van der Waals surface area contributed by atoms with Crippen LogP contribution in [0.4, 0.5) is 0 Å². The normalized spacial score (nSPS) is 12.2. The summed E-state index contributed by atoms with van der Waals surface area (Å²) in [7, 11) is 0.745. The summed E-state index contributed by atoms with van der Waals surface area (Å²) in [6.45, 7) is 0.633. The Hall–Kier alpha value is -1.96. The zero-order chi connectivity index (χ0) is 18.2. The molecule has 136 valence electrons. The molecular formula is C19H20N2O3S2. The van der Waals surface area contributed by atoms with Crippen molar-refractivity contribution in [3.05, 3.63) is 55.1 Å². The number of methoxy groups -OCH3 is 1. The average molecular weight is 389 g/mol. The van der Waals surface area contributed by atoms with Gasteiger partial charge in [-0.05, 0) is 29.7 Å². The van der Waals surface area contributed by atoms with E-state index in [-0.39, 0.29) is 0 Å². The number of rotatable bonds is 9. The molecule has 26 heavy (non-hydrogen) atoms. The van der Waals surface area contributed by atoms with Crippen LogP contribution in [0.1, 0.15) is 6.42 Å². The third-order valence-electron chi connectivity index (χ3n) is 3.65. The smallest absolute Gasteiger partial charge is 0.181 e. The highest BCUT2D eigenvalue weighted by Gasteiger charge is 2.11. The molecule has 0 saturated heterocycles. The van der Waals surface area contributed by atoms with Crippen molar-refractivity contribution in [1.82, 2.24) is 9.97 Å². The molecule has 0 fully saturated rings. The Balaban J connectivity index is 1.80. The van der Waals surface area contributed by atoms with E-state index in [1.165, 1.54) is 18.2 Å². The van der Waals surface area contributed by atoms with Gasteiger partial charge in [-0.2, -0.15) is 0 Å². The number of oxazole rings is 1. The first-order valence-electron chi connectivity index (χ1n) is 8.19. The average Bonchev–Trinajstić information content (AvgIpc) is 3.22. The second kappa shape index (κ2) is 9.66. The first-order valence-corrected chi connectivity index (χ1v) is 10.7. The van der Waals surface area contributed by atoms with Gasteiger partial charge in [0.25, 0.3) is 0 Å². The second-order valence-corrected chi connectivity index (χ2v) is 8.50. The number of ether oxygens (including phenoxy) is 1. The van der Waals surface area contributed by atoms with Crippen molar-refractivity contribution in [3.63, 3.8) is 0 Å². The van der Waals surface area contributed by atoms with Crippen molar-refractivity contribution in [3.8, 4) is 22.6 Å². The maximum atomic E-state index is 12.1. The predicted octanol–water partition coefficient (Wildman–Crippen LogP) is 4.24. The van der Waals surface area contributed by atoms with Gasteiger partial charge < -0.3 is 9.15 Å². The summed E-state index contributed by atoms with van der Waals surface area (Å²) in [6.07, 6.45) is 3.84. The number of nitrogens with zero attached hydrogens (tertiary/aromatic N) is 2. The molecule has 3 rings (SSSR count). The first kappa shape index (κ1) is 18.8. The van der Waals surface area contributed by atoms with Gasteiger partial charge in [0.15, 0.2) is 12.2 Å². The molecule has 0 bridgehead atoms. The Labute approximate surface area is 159 Å². The highest BCUT2D eigenvalue weighted by molar-refractivity contribution is 8.10. The molecule has 1 unspecified atom stereocenters. The Morgan fingerprint density at radius 3 is 2.77 bits per heavy atom. The predicted molar refractivity (Wildman–Crippen MR) is 105 cm³/mol. The lowest BCUT2D eigenvalue weighted by atomic mass is 10.1. The van der Waals surface area contributed by atoms with Crippen LogP contribution in [0.25, 0.3) is 22.6 Å². The van der Waals surface area contributed by atoms with E-state index in [4.69, 9.17) is 9.15 Å². The number of hydrogen-bond acceptors (Lipinski definition) is 6. The molecule has 1 aromatic carbocycles. The van der Waals surface area contributed by atoms with Gasteiger partial charge in [0, 0.05) is 30.3 Å². The SMILES string of the molecule is COCCCS(=O)CSc1cc(-c2ccccc2)cc(-c2cnco2)n1. The highest BCUT2D eigenvalue weighted by Crippen LogP contribution is 2.29. The van der Waals surface area contributed by atoms with E-state index in [0.717, 1.165) is 28.3 Å². The molecule has 0 aliphatic rings. The lowest BCUT2D eigenvalue weighted by molar-refractivity contribution is 0.200. The number of thioether (sulfide) groups is 1. The minimum absolute atomic E-state index is 0.505. The summed E-state index contributed by atoms with van der Waals surface area (Å²) in [5.41, 5.74) is 2.86. The molecule has 0 radical (unpaired) electrons. The molecule has 0 aliphatic carbocycles. The molecule has 2 heterocycles. The molecule has 2 aromatic heterocycles.